The number of carbonyl (C=O) groups is 3. The van der Waals surface area contributed by atoms with Crippen LogP contribution in [0.5, 0.6) is 0 Å². The molecule has 0 atom stereocenters. The van der Waals surface area contributed by atoms with Crippen molar-refractivity contribution in [2.24, 2.45) is 0 Å². The zero-order valence-corrected chi connectivity index (χ0v) is 61.9. The molecule has 5 aliphatic rings. The SMILES string of the molecule is Cc1ccc(F)c(C2(C(=O)Nc3ccc(-c4ccnc5c4c(N)nn5CCN(C)C)cc3)CC2)c1.Nc1nn(CCN2CCCC2)c2nccc(-c3ccc(NC(=O)C4(c5cc(C(F)(F)F)ccc5F)CC4)cc3)c12.Nc1nn(CCN2CCCC2)c2nccc(-c3ccc(NC(=O)C4(c5cccc(F)c5)CC4)cc3)c12. The van der Waals surface area contributed by atoms with Crippen LogP contribution in [0.25, 0.3) is 66.5 Å². The van der Waals surface area contributed by atoms with Crippen LogP contribution in [-0.2, 0) is 56.4 Å². The highest BCUT2D eigenvalue weighted by molar-refractivity contribution is 6.06. The lowest BCUT2D eigenvalue weighted by molar-refractivity contribution is -0.137. The Morgan fingerprint density at radius 3 is 1.22 bits per heavy atom. The molecule has 21 nitrogen and oxygen atoms in total. The number of nitrogen functional groups attached to an aromatic ring is 3. The van der Waals surface area contributed by atoms with Gasteiger partial charge in [-0.3, -0.25) is 14.4 Å². The Hall–Kier alpha value is -11.6. The Bertz CT molecular complexity index is 5460. The van der Waals surface area contributed by atoms with Crippen LogP contribution in [0.3, 0.4) is 0 Å². The molecule has 3 saturated carbocycles. The Balaban J connectivity index is 0.000000132. The molecular formula is C84H86F6N18O3. The number of pyridine rings is 3. The summed E-state index contributed by atoms with van der Waals surface area (Å²) in [5.74, 6) is -0.988. The van der Waals surface area contributed by atoms with Gasteiger partial charge in [-0.05, 0) is 241 Å². The molecule has 0 unspecified atom stereocenters. The number of benzene rings is 6. The molecule has 0 radical (unpaired) electrons. The van der Waals surface area contributed by atoms with Gasteiger partial charge in [0.2, 0.25) is 17.7 Å². The van der Waals surface area contributed by atoms with Crippen LogP contribution in [0, 0.1) is 24.4 Å². The molecule has 9 N–H and O–H groups in total. The lowest BCUT2D eigenvalue weighted by Gasteiger charge is -2.18. The summed E-state index contributed by atoms with van der Waals surface area (Å²) >= 11 is 0. The fourth-order valence-corrected chi connectivity index (χ4v) is 15.4. The van der Waals surface area contributed by atoms with E-state index in [1.54, 1.807) is 48.9 Å². The predicted molar refractivity (Wildman–Crippen MR) is 420 cm³/mol. The van der Waals surface area contributed by atoms with Gasteiger partial charge in [0.15, 0.2) is 34.4 Å². The quantitative estimate of drug-likeness (QED) is 0.0365. The summed E-state index contributed by atoms with van der Waals surface area (Å²) in [5.41, 5.74) is 26.7. The van der Waals surface area contributed by atoms with Gasteiger partial charge < -0.3 is 47.9 Å². The van der Waals surface area contributed by atoms with Gasteiger partial charge >= 0.3 is 6.18 Å². The van der Waals surface area contributed by atoms with Gasteiger partial charge in [-0.2, -0.15) is 28.5 Å². The van der Waals surface area contributed by atoms with E-state index in [4.69, 9.17) is 17.2 Å². The third kappa shape index (κ3) is 15.6. The smallest absolute Gasteiger partial charge is 0.382 e. The Kier molecular flexibility index (Phi) is 20.7. The van der Waals surface area contributed by atoms with Crippen molar-refractivity contribution in [3.63, 3.8) is 0 Å². The van der Waals surface area contributed by atoms with Crippen molar-refractivity contribution in [2.45, 2.75) is 113 Å². The Labute approximate surface area is 637 Å². The first-order chi connectivity index (χ1) is 53.5. The minimum absolute atomic E-state index is 0.101. The summed E-state index contributed by atoms with van der Waals surface area (Å²) in [7, 11) is 4.02. The fourth-order valence-electron chi connectivity index (χ4n) is 15.4. The number of carbonyl (C=O) groups excluding carboxylic acids is 3. The second kappa shape index (κ2) is 30.7. The van der Waals surface area contributed by atoms with Crippen molar-refractivity contribution < 1.29 is 40.7 Å². The number of aromatic nitrogens is 9. The summed E-state index contributed by atoms with van der Waals surface area (Å²) in [6.45, 7) is 11.1. The number of rotatable bonds is 21. The molecule has 2 saturated heterocycles. The van der Waals surface area contributed by atoms with Crippen molar-refractivity contribution in [3.05, 3.63) is 216 Å². The monoisotopic (exact) mass is 1510 g/mol. The van der Waals surface area contributed by atoms with Gasteiger partial charge in [0.1, 0.15) is 17.5 Å². The van der Waals surface area contributed by atoms with E-state index >= 15 is 0 Å². The van der Waals surface area contributed by atoms with Gasteiger partial charge in [-0.15, -0.1) is 0 Å². The molecule has 17 rings (SSSR count). The van der Waals surface area contributed by atoms with Crippen molar-refractivity contribution >= 4 is 85.3 Å². The van der Waals surface area contributed by atoms with E-state index in [9.17, 15) is 40.7 Å². The van der Waals surface area contributed by atoms with Crippen LogP contribution in [0.4, 0.5) is 60.9 Å². The fraction of sp³-hybridized carbons (Fsp3) is 0.321. The molecule has 0 spiro atoms. The molecule has 2 aliphatic heterocycles. The second-order valence-electron chi connectivity index (χ2n) is 29.9. The van der Waals surface area contributed by atoms with E-state index in [0.717, 1.165) is 149 Å². The van der Waals surface area contributed by atoms with Crippen molar-refractivity contribution in [1.29, 1.82) is 0 Å². The highest BCUT2D eigenvalue weighted by atomic mass is 19.4. The van der Waals surface area contributed by atoms with E-state index in [1.165, 1.54) is 43.9 Å². The third-order valence-corrected chi connectivity index (χ3v) is 22.1. The van der Waals surface area contributed by atoms with E-state index in [0.29, 0.717) is 77.7 Å². The summed E-state index contributed by atoms with van der Waals surface area (Å²) < 4.78 is 88.0. The first-order valence-corrected chi connectivity index (χ1v) is 37.6. The number of likely N-dealkylation sites (N-methyl/N-ethyl adjacent to an activating group) is 1. The number of amides is 3. The summed E-state index contributed by atoms with van der Waals surface area (Å²) in [4.78, 5) is 59.9. The molecule has 5 fully saturated rings. The van der Waals surface area contributed by atoms with Crippen LogP contribution in [-0.4, -0.2) is 137 Å². The average molecular weight is 1510 g/mol. The van der Waals surface area contributed by atoms with Crippen LogP contribution in [0.15, 0.2) is 170 Å². The number of nitrogens with two attached hydrogens (primary N) is 3. The minimum atomic E-state index is -4.63. The molecule has 6 aromatic carbocycles. The number of alkyl halides is 3. The minimum Gasteiger partial charge on any atom is -0.382 e. The van der Waals surface area contributed by atoms with Crippen LogP contribution in [0.1, 0.15) is 92.0 Å². The van der Waals surface area contributed by atoms with E-state index in [-0.39, 0.29) is 41.9 Å². The third-order valence-electron chi connectivity index (χ3n) is 22.1. The van der Waals surface area contributed by atoms with Gasteiger partial charge in [0, 0.05) is 66.4 Å². The maximum atomic E-state index is 14.6. The van der Waals surface area contributed by atoms with Crippen LogP contribution in [0.2, 0.25) is 0 Å². The largest absolute Gasteiger partial charge is 0.416 e. The number of likely N-dealkylation sites (tertiary alicyclic amines) is 2. The predicted octanol–water partition coefficient (Wildman–Crippen LogP) is 14.6. The zero-order valence-electron chi connectivity index (χ0n) is 61.9. The van der Waals surface area contributed by atoms with E-state index in [1.807, 2.05) is 120 Å². The number of aryl methyl sites for hydroxylation is 1. The number of halogens is 6. The number of anilines is 6. The standard InChI is InChI=1S/C29H28F4N6O.C28H29FN6O.C27H29FN6O/c30-23-8-5-19(29(31,32)33)17-22(23)28(10-11-28)27(40)36-20-6-3-18(4-7-20)21-9-12-35-26-24(21)25(34)37-39(26)16-15-38-13-1-2-14-38;29-21-5-3-4-20(18-21)28(11-12-28)27(36)32-22-8-6-19(7-9-22)23-10-13-31-26-24(23)25(30)33-35(26)17-16-34-14-1-2-15-34;1-17-4-9-22(28)21(16-17)27(11-12-27)26(35)31-19-7-5-18(6-8-19)20-10-13-30-25-23(20)24(29)32-34(25)15-14-33(2)3/h3-9,12,17H,1-2,10-11,13-16H2,(H2,34,37)(H,36,40);3-10,13,18H,1-2,11-12,14-17H2,(H2,30,33)(H,32,36);4-10,13,16H,11-12,14-15H2,1-3H3,(H2,29,32)(H,31,35). The van der Waals surface area contributed by atoms with Gasteiger partial charge in [-0.25, -0.2) is 42.2 Å². The molecule has 6 aromatic heterocycles. The Morgan fingerprint density at radius 2 is 0.838 bits per heavy atom. The summed E-state index contributed by atoms with van der Waals surface area (Å²) in [5, 5.41) is 24.8. The maximum Gasteiger partial charge on any atom is 0.416 e. The molecule has 111 heavy (non-hydrogen) atoms. The normalized spacial score (nSPS) is 16.1. The van der Waals surface area contributed by atoms with Gasteiger partial charge in [-0.1, -0.05) is 66.2 Å². The first-order valence-electron chi connectivity index (χ1n) is 37.6. The average Bonchev–Trinajstić information content (AvgIpc) is 1.56. The number of nitrogens with zero attached hydrogens (tertiary/aromatic N) is 12. The topological polar surface area (TPSA) is 267 Å². The lowest BCUT2D eigenvalue weighted by atomic mass is 9.92. The number of hydrogen-bond donors (Lipinski definition) is 6. The summed E-state index contributed by atoms with van der Waals surface area (Å²) in [6.07, 6.45) is 8.83. The highest BCUT2D eigenvalue weighted by Gasteiger charge is 2.55. The second-order valence-corrected chi connectivity index (χ2v) is 29.9. The zero-order chi connectivity index (χ0) is 77.5. The molecular weight excluding hydrogens is 1420 g/mol. The molecule has 8 heterocycles. The maximum absolute atomic E-state index is 14.6. The highest BCUT2D eigenvalue weighted by Crippen LogP contribution is 2.53. The van der Waals surface area contributed by atoms with Crippen LogP contribution < -0.4 is 33.2 Å². The van der Waals surface area contributed by atoms with Crippen molar-refractivity contribution in [2.75, 3.05) is 93.1 Å². The number of nitrogens with one attached hydrogen (secondary N) is 3. The molecule has 572 valence electrons. The van der Waals surface area contributed by atoms with E-state index < -0.39 is 39.7 Å². The van der Waals surface area contributed by atoms with Crippen molar-refractivity contribution in [3.8, 4) is 33.4 Å². The van der Waals surface area contributed by atoms with Crippen LogP contribution >= 0.6 is 0 Å². The number of fused-ring (bicyclic) bond motifs is 3. The Morgan fingerprint density at radius 1 is 0.459 bits per heavy atom. The molecule has 3 aliphatic carbocycles. The molecule has 27 heteroatoms. The summed E-state index contributed by atoms with van der Waals surface area (Å²) in [6, 6.07) is 41.5. The molecule has 3 amide bonds. The molecule has 12 aromatic rings. The van der Waals surface area contributed by atoms with E-state index in [2.05, 4.69) is 60.9 Å². The lowest BCUT2D eigenvalue weighted by Crippen LogP contribution is -2.29. The van der Waals surface area contributed by atoms with Gasteiger partial charge in [0.05, 0.1) is 57.6 Å². The number of hydrogen-bond acceptors (Lipinski definition) is 15. The van der Waals surface area contributed by atoms with Gasteiger partial charge in [0.25, 0.3) is 0 Å². The molecule has 0 bridgehead atoms. The first kappa shape index (κ1) is 74.9. The van der Waals surface area contributed by atoms with Crippen molar-refractivity contribution in [1.82, 2.24) is 59.0 Å².